The largest absolute Gasteiger partial charge is 0.504 e. The van der Waals surface area contributed by atoms with Crippen molar-refractivity contribution in [1.29, 1.82) is 0 Å². The zero-order valence-electron chi connectivity index (χ0n) is 20.8. The van der Waals surface area contributed by atoms with E-state index in [1.807, 2.05) is 18.2 Å². The zero-order valence-corrected chi connectivity index (χ0v) is 21.5. The van der Waals surface area contributed by atoms with Gasteiger partial charge in [-0.15, -0.1) is 0 Å². The van der Waals surface area contributed by atoms with Gasteiger partial charge >= 0.3 is 0 Å². The molecular weight excluding hydrogens is 484 g/mol. The van der Waals surface area contributed by atoms with Crippen LogP contribution in [0.15, 0.2) is 72.8 Å². The molecule has 5 nitrogen and oxygen atoms in total. The summed E-state index contributed by atoms with van der Waals surface area (Å²) in [5.74, 6) is 1.65. The highest BCUT2D eigenvalue weighted by atomic mass is 35.5. The molecule has 6 heteroatoms. The van der Waals surface area contributed by atoms with Crippen LogP contribution in [0.3, 0.4) is 0 Å². The van der Waals surface area contributed by atoms with Gasteiger partial charge in [0.1, 0.15) is 5.75 Å². The maximum Gasteiger partial charge on any atom is 0.160 e. The van der Waals surface area contributed by atoms with Gasteiger partial charge in [0.05, 0.1) is 20.3 Å². The molecule has 1 aliphatic carbocycles. The lowest BCUT2D eigenvalue weighted by Crippen LogP contribution is -2.31. The van der Waals surface area contributed by atoms with Gasteiger partial charge in [0.2, 0.25) is 0 Å². The normalized spacial score (nSPS) is 19.4. The van der Waals surface area contributed by atoms with E-state index in [9.17, 15) is 5.11 Å². The lowest BCUT2D eigenvalue weighted by Gasteiger charge is -2.39. The summed E-state index contributed by atoms with van der Waals surface area (Å²) >= 11 is 6.44. The molecule has 1 aliphatic heterocycles. The standard InChI is InChI=1S/C31H29ClN2O3/c1-36-28-10-8-19(32)13-22(28)21-14-27(35)29(37-2)15-23(21)31-25-12-18-5-3-4-6-20(18)30(25)24-11-17(16-33)7-9-26(24)34-31/h3-11,13-15,25,30-31,34-35H,12,16,33H2,1-2H3. The van der Waals surface area contributed by atoms with Gasteiger partial charge in [-0.1, -0.05) is 48.0 Å². The van der Waals surface area contributed by atoms with Crippen LogP contribution in [0, 0.1) is 5.92 Å². The fraction of sp³-hybridized carbons (Fsp3) is 0.226. The number of nitrogens with two attached hydrogens (primary N) is 1. The van der Waals surface area contributed by atoms with Gasteiger partial charge in [0.15, 0.2) is 11.5 Å². The van der Waals surface area contributed by atoms with Crippen LogP contribution in [0.5, 0.6) is 17.2 Å². The number of benzene rings is 4. The predicted molar refractivity (Wildman–Crippen MR) is 148 cm³/mol. The summed E-state index contributed by atoms with van der Waals surface area (Å²) in [4.78, 5) is 0. The monoisotopic (exact) mass is 512 g/mol. The summed E-state index contributed by atoms with van der Waals surface area (Å²) in [5, 5.41) is 15.3. The molecule has 4 aromatic rings. The van der Waals surface area contributed by atoms with Crippen molar-refractivity contribution < 1.29 is 14.6 Å². The molecule has 6 rings (SSSR count). The van der Waals surface area contributed by atoms with Crippen LogP contribution in [0.4, 0.5) is 5.69 Å². The number of nitrogens with one attached hydrogen (secondary N) is 1. The summed E-state index contributed by atoms with van der Waals surface area (Å²) in [6.45, 7) is 0.504. The number of fused-ring (bicyclic) bond motifs is 5. The third-order valence-electron chi connectivity index (χ3n) is 7.84. The number of phenols is 1. The van der Waals surface area contributed by atoms with Crippen LogP contribution in [0.25, 0.3) is 11.1 Å². The van der Waals surface area contributed by atoms with Crippen molar-refractivity contribution in [2.45, 2.75) is 24.9 Å². The summed E-state index contributed by atoms with van der Waals surface area (Å²) < 4.78 is 11.3. The van der Waals surface area contributed by atoms with E-state index < -0.39 is 0 Å². The van der Waals surface area contributed by atoms with Crippen molar-refractivity contribution >= 4 is 17.3 Å². The molecule has 0 amide bonds. The molecule has 3 atom stereocenters. The van der Waals surface area contributed by atoms with Gasteiger partial charge < -0.3 is 25.6 Å². The first kappa shape index (κ1) is 23.7. The number of phenolic OH excluding ortho intramolecular Hbond substituents is 1. The number of anilines is 1. The van der Waals surface area contributed by atoms with Crippen molar-refractivity contribution in [3.8, 4) is 28.4 Å². The average Bonchev–Trinajstić information content (AvgIpc) is 3.32. The minimum Gasteiger partial charge on any atom is -0.504 e. The number of halogens is 1. The van der Waals surface area contributed by atoms with E-state index in [4.69, 9.17) is 26.8 Å². The first-order valence-electron chi connectivity index (χ1n) is 12.4. The Labute approximate surface area is 221 Å². The van der Waals surface area contributed by atoms with Gasteiger partial charge in [0, 0.05) is 28.7 Å². The van der Waals surface area contributed by atoms with Gasteiger partial charge in [-0.25, -0.2) is 0 Å². The van der Waals surface area contributed by atoms with Crippen LogP contribution >= 0.6 is 11.6 Å². The van der Waals surface area contributed by atoms with Crippen LogP contribution in [0.1, 0.15) is 39.8 Å². The fourth-order valence-electron chi connectivity index (χ4n) is 6.17. The molecule has 0 radical (unpaired) electrons. The lowest BCUT2D eigenvalue weighted by atomic mass is 9.74. The SMILES string of the molecule is COc1cc(C2Nc3ccc(CN)cc3C3c4ccccc4CC23)c(-c2cc(Cl)ccc2OC)cc1O. The van der Waals surface area contributed by atoms with Crippen LogP contribution < -0.4 is 20.5 Å². The highest BCUT2D eigenvalue weighted by Crippen LogP contribution is 2.56. The Morgan fingerprint density at radius 1 is 0.892 bits per heavy atom. The molecule has 37 heavy (non-hydrogen) atoms. The van der Waals surface area contributed by atoms with Crippen LogP contribution in [-0.4, -0.2) is 19.3 Å². The molecule has 0 bridgehead atoms. The Morgan fingerprint density at radius 2 is 1.70 bits per heavy atom. The number of methoxy groups -OCH3 is 2. The summed E-state index contributed by atoms with van der Waals surface area (Å²) in [7, 11) is 3.22. The smallest absolute Gasteiger partial charge is 0.160 e. The second-order valence-electron chi connectivity index (χ2n) is 9.75. The van der Waals surface area contributed by atoms with Gasteiger partial charge in [-0.05, 0) is 82.1 Å². The van der Waals surface area contributed by atoms with E-state index >= 15 is 0 Å². The van der Waals surface area contributed by atoms with E-state index in [2.05, 4.69) is 47.8 Å². The first-order valence-corrected chi connectivity index (χ1v) is 12.8. The second kappa shape index (κ2) is 9.33. The van der Waals surface area contributed by atoms with E-state index in [0.717, 1.165) is 34.4 Å². The van der Waals surface area contributed by atoms with Crippen molar-refractivity contribution in [1.82, 2.24) is 0 Å². The molecule has 3 unspecified atom stereocenters. The molecule has 1 heterocycles. The number of hydrogen-bond donors (Lipinski definition) is 3. The fourth-order valence-corrected chi connectivity index (χ4v) is 6.35. The topological polar surface area (TPSA) is 76.7 Å². The van der Waals surface area contributed by atoms with Crippen molar-refractivity contribution in [3.05, 3.63) is 106 Å². The quantitative estimate of drug-likeness (QED) is 0.279. The summed E-state index contributed by atoms with van der Waals surface area (Å²) in [5.41, 5.74) is 14.9. The number of aromatic hydroxyl groups is 1. The van der Waals surface area contributed by atoms with Crippen LogP contribution in [-0.2, 0) is 13.0 Å². The first-order chi connectivity index (χ1) is 18.0. The molecule has 0 saturated heterocycles. The van der Waals surface area contributed by atoms with Gasteiger partial charge in [0.25, 0.3) is 0 Å². The van der Waals surface area contributed by atoms with E-state index in [1.165, 1.54) is 16.7 Å². The minimum absolute atomic E-state index is 0.0539. The maximum atomic E-state index is 10.8. The van der Waals surface area contributed by atoms with E-state index in [0.29, 0.717) is 23.1 Å². The molecule has 0 fully saturated rings. The lowest BCUT2D eigenvalue weighted by molar-refractivity contribution is 0.370. The van der Waals surface area contributed by atoms with Crippen molar-refractivity contribution in [3.63, 3.8) is 0 Å². The highest BCUT2D eigenvalue weighted by molar-refractivity contribution is 6.31. The molecule has 0 aromatic heterocycles. The second-order valence-corrected chi connectivity index (χ2v) is 10.2. The number of hydrogen-bond acceptors (Lipinski definition) is 5. The Morgan fingerprint density at radius 3 is 2.49 bits per heavy atom. The third kappa shape index (κ3) is 3.90. The highest BCUT2D eigenvalue weighted by Gasteiger charge is 2.44. The van der Waals surface area contributed by atoms with Crippen LogP contribution in [0.2, 0.25) is 5.02 Å². The van der Waals surface area contributed by atoms with Gasteiger partial charge in [-0.2, -0.15) is 0 Å². The molecular formula is C31H29ClN2O3. The Hall–Kier alpha value is -3.67. The molecule has 0 saturated carbocycles. The van der Waals surface area contributed by atoms with E-state index in [1.54, 1.807) is 26.4 Å². The van der Waals surface area contributed by atoms with Crippen molar-refractivity contribution in [2.24, 2.45) is 11.7 Å². The molecule has 0 spiro atoms. The zero-order chi connectivity index (χ0) is 25.7. The predicted octanol–water partition coefficient (Wildman–Crippen LogP) is 6.66. The molecule has 4 N–H and O–H groups in total. The summed E-state index contributed by atoms with van der Waals surface area (Å²) in [6, 6.07) is 24.4. The Balaban J connectivity index is 1.59. The van der Waals surface area contributed by atoms with Gasteiger partial charge in [-0.3, -0.25) is 0 Å². The molecule has 2 aliphatic rings. The average molecular weight is 513 g/mol. The van der Waals surface area contributed by atoms with E-state index in [-0.39, 0.29) is 23.6 Å². The Bertz CT molecular complexity index is 1500. The van der Waals surface area contributed by atoms with Crippen molar-refractivity contribution in [2.75, 3.05) is 19.5 Å². The third-order valence-corrected chi connectivity index (χ3v) is 8.07. The Kier molecular flexibility index (Phi) is 5.98. The number of ether oxygens (including phenoxy) is 2. The molecule has 188 valence electrons. The number of rotatable bonds is 5. The molecule has 4 aromatic carbocycles. The minimum atomic E-state index is -0.0539. The summed E-state index contributed by atoms with van der Waals surface area (Å²) in [6.07, 6.45) is 0.931. The maximum absolute atomic E-state index is 10.8.